The number of ether oxygens (including phenoxy) is 2. The van der Waals surface area contributed by atoms with Crippen molar-refractivity contribution >= 4 is 34.4 Å². The molecule has 0 unspecified atom stereocenters. The Bertz CT molecular complexity index is 1010. The maximum absolute atomic E-state index is 12.7. The Morgan fingerprint density at radius 1 is 1.24 bits per heavy atom. The molecular weight excluding hydrogens is 392 g/mol. The minimum atomic E-state index is -0.398. The minimum Gasteiger partial charge on any atom is -0.494 e. The molecule has 1 aliphatic rings. The number of aromatic nitrogens is 2. The molecule has 2 amide bonds. The highest BCUT2D eigenvalue weighted by molar-refractivity contribution is 7.13. The van der Waals surface area contributed by atoms with Gasteiger partial charge in [0.2, 0.25) is 0 Å². The lowest BCUT2D eigenvalue weighted by Gasteiger charge is -2.25. The summed E-state index contributed by atoms with van der Waals surface area (Å²) in [6.45, 7) is 1.21. The van der Waals surface area contributed by atoms with Crippen molar-refractivity contribution in [2.45, 2.75) is 19.3 Å². The smallest absolute Gasteiger partial charge is 0.411 e. The summed E-state index contributed by atoms with van der Waals surface area (Å²) in [5, 5.41) is 4.60. The highest BCUT2D eigenvalue weighted by Gasteiger charge is 2.20. The summed E-state index contributed by atoms with van der Waals surface area (Å²) in [7, 11) is 1.57. The van der Waals surface area contributed by atoms with Crippen molar-refractivity contribution < 1.29 is 19.1 Å². The number of nitrogens with zero attached hydrogens (tertiary/aromatic N) is 2. The van der Waals surface area contributed by atoms with Crippen LogP contribution in [-0.4, -0.2) is 53.8 Å². The topological polar surface area (TPSA) is 96.5 Å². The van der Waals surface area contributed by atoms with Gasteiger partial charge in [0, 0.05) is 13.1 Å². The second-order valence-corrected chi connectivity index (χ2v) is 7.66. The number of nitrogens with one attached hydrogen (secondary N) is 2. The number of benzene rings is 1. The first-order valence-corrected chi connectivity index (χ1v) is 10.4. The maximum Gasteiger partial charge on any atom is 0.411 e. The average molecular weight is 414 g/mol. The summed E-state index contributed by atoms with van der Waals surface area (Å²) in [5.74, 6) is 0.904. The van der Waals surface area contributed by atoms with Crippen LogP contribution in [-0.2, 0) is 4.74 Å². The predicted octanol–water partition coefficient (Wildman–Crippen LogP) is 3.61. The number of fused-ring (bicyclic) bond motifs is 1. The second-order valence-electron chi connectivity index (χ2n) is 6.71. The molecule has 3 heterocycles. The van der Waals surface area contributed by atoms with E-state index >= 15 is 0 Å². The fraction of sp³-hybridized carbons (Fsp3) is 0.350. The fourth-order valence-corrected chi connectivity index (χ4v) is 4.05. The molecule has 8 nitrogen and oxygen atoms in total. The monoisotopic (exact) mass is 414 g/mol. The Morgan fingerprint density at radius 3 is 2.79 bits per heavy atom. The molecule has 0 atom stereocenters. The third-order valence-corrected chi connectivity index (χ3v) is 5.75. The van der Waals surface area contributed by atoms with E-state index in [-0.39, 0.29) is 12.6 Å². The van der Waals surface area contributed by atoms with Crippen LogP contribution in [0, 0.1) is 0 Å². The zero-order chi connectivity index (χ0) is 20.2. The Kier molecular flexibility index (Phi) is 5.66. The van der Waals surface area contributed by atoms with Crippen LogP contribution >= 0.6 is 11.3 Å². The van der Waals surface area contributed by atoms with Gasteiger partial charge in [-0.2, -0.15) is 0 Å². The molecule has 152 valence electrons. The van der Waals surface area contributed by atoms with Crippen molar-refractivity contribution in [3.05, 3.63) is 35.2 Å². The van der Waals surface area contributed by atoms with Crippen molar-refractivity contribution in [1.82, 2.24) is 20.2 Å². The van der Waals surface area contributed by atoms with Crippen molar-refractivity contribution in [2.24, 2.45) is 0 Å². The van der Waals surface area contributed by atoms with Crippen LogP contribution in [0.15, 0.2) is 29.6 Å². The first kappa shape index (κ1) is 19.3. The van der Waals surface area contributed by atoms with Crippen LogP contribution in [0.1, 0.15) is 29.6 Å². The van der Waals surface area contributed by atoms with Gasteiger partial charge in [-0.1, -0.05) is 6.07 Å². The lowest BCUT2D eigenvalue weighted by Crippen LogP contribution is -2.38. The zero-order valence-electron chi connectivity index (χ0n) is 16.1. The predicted molar refractivity (Wildman–Crippen MR) is 110 cm³/mol. The number of rotatable bonds is 5. The quantitative estimate of drug-likeness (QED) is 0.622. The van der Waals surface area contributed by atoms with Crippen molar-refractivity contribution in [2.75, 3.05) is 26.9 Å². The van der Waals surface area contributed by atoms with Crippen molar-refractivity contribution in [3.8, 4) is 16.5 Å². The van der Waals surface area contributed by atoms with E-state index in [2.05, 4.69) is 15.3 Å². The van der Waals surface area contributed by atoms with Gasteiger partial charge >= 0.3 is 6.09 Å². The van der Waals surface area contributed by atoms with E-state index in [1.165, 1.54) is 0 Å². The lowest BCUT2D eigenvalue weighted by molar-refractivity contribution is 0.0761. The largest absolute Gasteiger partial charge is 0.494 e. The highest BCUT2D eigenvalue weighted by Crippen LogP contribution is 2.31. The van der Waals surface area contributed by atoms with E-state index in [4.69, 9.17) is 9.47 Å². The molecule has 0 saturated carbocycles. The number of amides is 2. The van der Waals surface area contributed by atoms with Crippen LogP contribution < -0.4 is 10.1 Å². The number of hydrogen-bond acceptors (Lipinski definition) is 6. The Hall–Kier alpha value is -3.07. The average Bonchev–Trinajstić information content (AvgIpc) is 3.43. The normalized spacial score (nSPS) is 14.0. The molecule has 0 bridgehead atoms. The molecule has 0 spiro atoms. The molecular formula is C20H22N4O4S. The number of H-pyrrole nitrogens is 1. The highest BCUT2D eigenvalue weighted by atomic mass is 32.1. The van der Waals surface area contributed by atoms with Crippen LogP contribution in [0.3, 0.4) is 0 Å². The van der Waals surface area contributed by atoms with Gasteiger partial charge in [-0.15, -0.1) is 11.3 Å². The van der Waals surface area contributed by atoms with E-state index in [0.717, 1.165) is 24.1 Å². The Balaban J connectivity index is 1.49. The number of thiophene rings is 1. The molecule has 0 aliphatic carbocycles. The summed E-state index contributed by atoms with van der Waals surface area (Å²) in [6, 6.07) is 7.26. The van der Waals surface area contributed by atoms with Crippen LogP contribution in [0.4, 0.5) is 4.79 Å². The van der Waals surface area contributed by atoms with Gasteiger partial charge in [0.15, 0.2) is 6.73 Å². The molecule has 1 aliphatic heterocycles. The maximum atomic E-state index is 12.7. The Labute approximate surface area is 171 Å². The minimum absolute atomic E-state index is 0.191. The number of aromatic amines is 1. The van der Waals surface area contributed by atoms with Gasteiger partial charge < -0.3 is 24.7 Å². The van der Waals surface area contributed by atoms with E-state index < -0.39 is 6.09 Å². The van der Waals surface area contributed by atoms with Crippen molar-refractivity contribution in [1.29, 1.82) is 0 Å². The third-order valence-electron chi connectivity index (χ3n) is 4.87. The first-order valence-electron chi connectivity index (χ1n) is 9.48. The van der Waals surface area contributed by atoms with Gasteiger partial charge in [0.1, 0.15) is 22.6 Å². The molecule has 1 fully saturated rings. The van der Waals surface area contributed by atoms with Crippen LogP contribution in [0.5, 0.6) is 5.75 Å². The molecule has 29 heavy (non-hydrogen) atoms. The van der Waals surface area contributed by atoms with Crippen molar-refractivity contribution in [3.63, 3.8) is 0 Å². The third kappa shape index (κ3) is 4.04. The van der Waals surface area contributed by atoms with E-state index in [1.807, 2.05) is 17.5 Å². The van der Waals surface area contributed by atoms with Gasteiger partial charge in [0.05, 0.1) is 17.6 Å². The summed E-state index contributed by atoms with van der Waals surface area (Å²) >= 11 is 1.55. The van der Waals surface area contributed by atoms with Crippen LogP contribution in [0.25, 0.3) is 21.7 Å². The number of methoxy groups -OCH3 is 1. The number of carbonyl (C=O) groups excluding carboxylic acids is 2. The number of piperidine rings is 1. The number of likely N-dealkylation sites (tertiary alicyclic amines) is 1. The number of hydrogen-bond donors (Lipinski definition) is 2. The molecule has 4 rings (SSSR count). The van der Waals surface area contributed by atoms with Gasteiger partial charge in [0.25, 0.3) is 5.91 Å². The van der Waals surface area contributed by atoms with E-state index in [0.29, 0.717) is 41.3 Å². The van der Waals surface area contributed by atoms with Gasteiger partial charge in [-0.3, -0.25) is 4.79 Å². The summed E-state index contributed by atoms with van der Waals surface area (Å²) < 4.78 is 10.6. The van der Waals surface area contributed by atoms with Gasteiger partial charge in [-0.05, 0) is 42.8 Å². The van der Waals surface area contributed by atoms with E-state index in [9.17, 15) is 9.59 Å². The first-order chi connectivity index (χ1) is 14.2. The zero-order valence-corrected chi connectivity index (χ0v) is 16.9. The molecule has 3 aromatic rings. The fourth-order valence-electron chi connectivity index (χ4n) is 3.38. The standard InChI is InChI=1S/C20H22N4O4S/c1-27-14-8-7-13(16-17(14)23-18(22-16)15-6-5-11-29-15)19(25)21-12-28-20(26)24-9-3-2-4-10-24/h5-8,11H,2-4,9-10,12H2,1H3,(H,21,25)(H,22,23). The molecule has 1 saturated heterocycles. The molecule has 2 aromatic heterocycles. The van der Waals surface area contributed by atoms with E-state index in [1.54, 1.807) is 35.5 Å². The molecule has 0 radical (unpaired) electrons. The molecule has 9 heteroatoms. The number of carbonyl (C=O) groups is 2. The summed E-state index contributed by atoms with van der Waals surface area (Å²) in [6.07, 6.45) is 2.70. The molecule has 1 aromatic carbocycles. The summed E-state index contributed by atoms with van der Waals surface area (Å²) in [4.78, 5) is 35.2. The Morgan fingerprint density at radius 2 is 2.07 bits per heavy atom. The summed E-state index contributed by atoms with van der Waals surface area (Å²) in [5.41, 5.74) is 1.54. The lowest BCUT2D eigenvalue weighted by atomic mass is 10.1. The second kappa shape index (κ2) is 8.52. The number of imidazole rings is 1. The molecule has 2 N–H and O–H groups in total. The van der Waals surface area contributed by atoms with Crippen LogP contribution in [0.2, 0.25) is 0 Å². The SMILES string of the molecule is COc1ccc(C(=O)NCOC(=O)N2CCCCC2)c2nc(-c3cccs3)[nH]c12. The van der Waals surface area contributed by atoms with Gasteiger partial charge in [-0.25, -0.2) is 9.78 Å².